The van der Waals surface area contributed by atoms with E-state index in [1.807, 2.05) is 69.6 Å². The van der Waals surface area contributed by atoms with Gasteiger partial charge in [-0.1, -0.05) is 55.4 Å². The Hall–Kier alpha value is -5.44. The van der Waals surface area contributed by atoms with Crippen molar-refractivity contribution in [2.45, 2.75) is 96.7 Å². The zero-order chi connectivity index (χ0) is 43.9. The molecule has 4 aromatic heterocycles. The maximum atomic E-state index is 14.4. The first-order valence-corrected chi connectivity index (χ1v) is 23.4. The largest absolute Gasteiger partial charge is 0.507 e. The van der Waals surface area contributed by atoms with Gasteiger partial charge in [-0.05, 0) is 113 Å². The van der Waals surface area contributed by atoms with Crippen molar-refractivity contribution in [3.05, 3.63) is 94.4 Å². The molecule has 1 saturated heterocycles. The third-order valence-electron chi connectivity index (χ3n) is 14.0. The number of Topliss-reactive ketones (excluding diaryl/α,β-unsaturated/α-hetero) is 1. The summed E-state index contributed by atoms with van der Waals surface area (Å²) in [7, 11) is 2.25. The van der Waals surface area contributed by atoms with Gasteiger partial charge in [0.25, 0.3) is 0 Å². The molecule has 63 heavy (non-hydrogen) atoms. The van der Waals surface area contributed by atoms with E-state index in [4.69, 9.17) is 4.52 Å². The molecule has 4 N–H and O–H groups in total. The molecule has 1 unspecified atom stereocenters. The summed E-state index contributed by atoms with van der Waals surface area (Å²) in [6.45, 7) is 10.6. The molecule has 0 radical (unpaired) electrons. The number of thiazole rings is 1. The summed E-state index contributed by atoms with van der Waals surface area (Å²) in [5, 5.41) is 38.9. The number of phenolic OH excluding ortho intramolecular Hbond substituents is 1. The van der Waals surface area contributed by atoms with Crippen molar-refractivity contribution in [1.82, 2.24) is 35.5 Å². The zero-order valence-electron chi connectivity index (χ0n) is 36.8. The molecule has 1 amide bonds. The van der Waals surface area contributed by atoms with Crippen molar-refractivity contribution in [2.75, 3.05) is 31.6 Å². The topological polar surface area (TPSA) is 174 Å². The molecule has 330 valence electrons. The summed E-state index contributed by atoms with van der Waals surface area (Å²) < 4.78 is 5.96. The van der Waals surface area contributed by atoms with Gasteiger partial charge >= 0.3 is 0 Å². The van der Waals surface area contributed by atoms with Crippen LogP contribution in [0.5, 0.6) is 5.75 Å². The summed E-state index contributed by atoms with van der Waals surface area (Å²) in [5.74, 6) is -0.224. The number of aliphatic hydroxyl groups excluding tert-OH is 1. The minimum absolute atomic E-state index is 0.0746. The minimum atomic E-state index is -0.728. The monoisotopic (exact) mass is 870 g/mol. The number of benzene rings is 2. The lowest BCUT2D eigenvalue weighted by Crippen LogP contribution is -2.42. The molecular formula is C49H58N8O5S. The van der Waals surface area contributed by atoms with Crippen LogP contribution in [0.15, 0.2) is 70.7 Å². The smallest absolute Gasteiger partial charge is 0.224 e. The predicted molar refractivity (Wildman–Crippen MR) is 245 cm³/mol. The molecular weight excluding hydrogens is 813 g/mol. The van der Waals surface area contributed by atoms with Crippen LogP contribution in [0, 0.1) is 30.6 Å². The number of hydrogen-bond acceptors (Lipinski definition) is 12. The van der Waals surface area contributed by atoms with Gasteiger partial charge in [0.05, 0.1) is 45.8 Å². The molecule has 0 spiro atoms. The number of phenols is 1. The Morgan fingerprint density at radius 3 is 2.51 bits per heavy atom. The first-order chi connectivity index (χ1) is 30.4. The summed E-state index contributed by atoms with van der Waals surface area (Å²) in [6, 6.07) is 19.5. The lowest BCUT2D eigenvalue weighted by atomic mass is 9.79. The molecule has 14 heteroatoms. The average molecular weight is 871 g/mol. The zero-order valence-corrected chi connectivity index (χ0v) is 37.6. The highest BCUT2D eigenvalue weighted by molar-refractivity contribution is 7.13. The van der Waals surface area contributed by atoms with Gasteiger partial charge in [0, 0.05) is 54.3 Å². The normalized spacial score (nSPS) is 21.6. The van der Waals surface area contributed by atoms with E-state index in [9.17, 15) is 19.8 Å². The van der Waals surface area contributed by atoms with Crippen LogP contribution in [0.25, 0.3) is 32.7 Å². The van der Waals surface area contributed by atoms with Crippen LogP contribution in [-0.2, 0) is 22.4 Å². The van der Waals surface area contributed by atoms with Gasteiger partial charge in [-0.3, -0.25) is 9.59 Å². The number of nitrogens with one attached hydrogen (secondary N) is 2. The van der Waals surface area contributed by atoms with Crippen LogP contribution in [0.4, 0.5) is 5.82 Å². The molecule has 2 aromatic carbocycles. The number of aromatic amines is 1. The van der Waals surface area contributed by atoms with Gasteiger partial charge in [-0.15, -0.1) is 21.5 Å². The number of nitrogens with zero attached hydrogens (tertiary/aromatic N) is 6. The Labute approximate surface area is 372 Å². The number of ketones is 1. The molecule has 0 bridgehead atoms. The van der Waals surface area contributed by atoms with Crippen molar-refractivity contribution < 1.29 is 24.3 Å². The van der Waals surface area contributed by atoms with Gasteiger partial charge in [-0.25, -0.2) is 4.98 Å². The van der Waals surface area contributed by atoms with Gasteiger partial charge in [0.15, 0.2) is 11.5 Å². The van der Waals surface area contributed by atoms with E-state index in [0.29, 0.717) is 29.0 Å². The van der Waals surface area contributed by atoms with E-state index in [1.54, 1.807) is 17.4 Å². The molecule has 2 aliphatic carbocycles. The maximum absolute atomic E-state index is 14.4. The van der Waals surface area contributed by atoms with E-state index in [1.165, 1.54) is 11.3 Å². The third-order valence-corrected chi connectivity index (χ3v) is 15.0. The van der Waals surface area contributed by atoms with Gasteiger partial charge in [-0.2, -0.15) is 0 Å². The number of likely N-dealkylation sites (N-methyl/N-ethyl adjacent to an activating group) is 1. The number of H-pyrrole nitrogens is 1. The summed E-state index contributed by atoms with van der Waals surface area (Å²) in [4.78, 5) is 42.0. The Bertz CT molecular complexity index is 2580. The number of fused-ring (bicyclic) bond motifs is 3. The molecule has 6 atom stereocenters. The van der Waals surface area contributed by atoms with E-state index in [2.05, 4.69) is 65.7 Å². The van der Waals surface area contributed by atoms with Crippen molar-refractivity contribution in [1.29, 1.82) is 0 Å². The van der Waals surface area contributed by atoms with Crippen molar-refractivity contribution in [3.63, 3.8) is 0 Å². The van der Waals surface area contributed by atoms with Crippen LogP contribution in [0.2, 0.25) is 0 Å². The molecule has 1 aliphatic heterocycles. The quantitative estimate of drug-likeness (QED) is 0.0885. The predicted octanol–water partition coefficient (Wildman–Crippen LogP) is 8.03. The lowest BCUT2D eigenvalue weighted by molar-refractivity contribution is -0.134. The summed E-state index contributed by atoms with van der Waals surface area (Å²) >= 11 is 1.60. The SMILES string of the molecule is Cc1ncsc1-c1ccc([C@H](C)NC(=O)[C@@H]2C[C@@H](O)CC2C(=O)[C@@H](c2cc(N3CCC(CN(C)[C@H]4CCc5[nH]c6nnc(-c7ccccc7O)cc6c5C4)CC3)no2)C(C)C)cc1. The van der Waals surface area contributed by atoms with Gasteiger partial charge in [0.1, 0.15) is 17.3 Å². The Kier molecular flexibility index (Phi) is 12.2. The van der Waals surface area contributed by atoms with E-state index in [-0.39, 0.29) is 42.2 Å². The van der Waals surface area contributed by atoms with Crippen LogP contribution < -0.4 is 10.2 Å². The van der Waals surface area contributed by atoms with Crippen molar-refractivity contribution >= 4 is 39.9 Å². The van der Waals surface area contributed by atoms with Crippen LogP contribution in [-0.4, -0.2) is 91.0 Å². The fourth-order valence-electron chi connectivity index (χ4n) is 10.4. The van der Waals surface area contributed by atoms with Crippen molar-refractivity contribution in [3.8, 4) is 27.4 Å². The van der Waals surface area contributed by atoms with Gasteiger partial charge in [0.2, 0.25) is 5.91 Å². The van der Waals surface area contributed by atoms with E-state index >= 15 is 0 Å². The fraction of sp³-hybridized carbons (Fsp3) is 0.469. The van der Waals surface area contributed by atoms with E-state index in [0.717, 1.165) is 90.3 Å². The number of piperidine rings is 1. The van der Waals surface area contributed by atoms with Crippen LogP contribution in [0.1, 0.15) is 93.1 Å². The van der Waals surface area contributed by atoms with Crippen molar-refractivity contribution in [2.24, 2.45) is 23.7 Å². The number of rotatable bonds is 13. The number of aromatic hydroxyl groups is 1. The molecule has 5 heterocycles. The number of anilines is 1. The maximum Gasteiger partial charge on any atom is 0.224 e. The molecule has 3 aliphatic rings. The minimum Gasteiger partial charge on any atom is -0.507 e. The number of amides is 1. The first kappa shape index (κ1) is 42.8. The Morgan fingerprint density at radius 2 is 1.78 bits per heavy atom. The Balaban J connectivity index is 0.798. The summed E-state index contributed by atoms with van der Waals surface area (Å²) in [6.07, 6.45) is 4.77. The summed E-state index contributed by atoms with van der Waals surface area (Å²) in [5.41, 5.74) is 9.57. The molecule has 6 aromatic rings. The van der Waals surface area contributed by atoms with E-state index < -0.39 is 23.9 Å². The highest BCUT2D eigenvalue weighted by Gasteiger charge is 2.46. The number of carbonyl (C=O) groups excluding carboxylic acids is 2. The number of carbonyl (C=O) groups is 2. The molecule has 2 fully saturated rings. The standard InChI is InChI=1S/C49H58N8O5S/c1-27(2)45(46(60)37-21-34(58)22-39(37)49(61)51-28(3)31-10-12-32(13-11-31)47-29(4)50-26-63-47)43-24-44(55-62-43)57-18-16-30(17-19-57)25-56(5)33-14-15-40-36(20-33)38-23-41(53-54-48(38)52-40)35-8-6-7-9-42(35)59/h6-13,23-24,26-28,30,33-34,37,39,45,58-59H,14-22,25H2,1-5H3,(H,51,61)(H,52,54)/t28-,33-,34-,37?,39+,45+/m0/s1. The molecule has 1 saturated carbocycles. The lowest BCUT2D eigenvalue weighted by Gasteiger charge is -2.37. The third kappa shape index (κ3) is 8.77. The molecule has 13 nitrogen and oxygen atoms in total. The number of aromatic nitrogens is 5. The number of para-hydroxylation sites is 1. The number of hydrogen-bond donors (Lipinski definition) is 4. The highest BCUT2D eigenvalue weighted by Crippen LogP contribution is 2.41. The Morgan fingerprint density at radius 1 is 1.02 bits per heavy atom. The van der Waals surface area contributed by atoms with Gasteiger partial charge < -0.3 is 34.8 Å². The second-order valence-corrected chi connectivity index (χ2v) is 19.4. The fourth-order valence-corrected chi connectivity index (χ4v) is 11.2. The number of aryl methyl sites for hydroxylation is 2. The first-order valence-electron chi connectivity index (χ1n) is 22.5. The average Bonchev–Trinajstić information content (AvgIpc) is 4.10. The van der Waals surface area contributed by atoms with Crippen LogP contribution in [0.3, 0.4) is 0 Å². The highest BCUT2D eigenvalue weighted by atomic mass is 32.1. The second-order valence-electron chi connectivity index (χ2n) is 18.5. The number of aliphatic hydroxyl groups is 1. The molecule has 9 rings (SSSR count). The second kappa shape index (κ2) is 18.0. The van der Waals surface area contributed by atoms with Crippen LogP contribution >= 0.6 is 11.3 Å².